The summed E-state index contributed by atoms with van der Waals surface area (Å²) < 4.78 is 39.6. The summed E-state index contributed by atoms with van der Waals surface area (Å²) in [5.74, 6) is 0.00671. The third-order valence-electron chi connectivity index (χ3n) is 4.80. The maximum Gasteiger partial charge on any atom is 0.416 e. The zero-order chi connectivity index (χ0) is 22.7. The lowest BCUT2D eigenvalue weighted by atomic mass is 10.1. The molecule has 0 saturated heterocycles. The predicted octanol–water partition coefficient (Wildman–Crippen LogP) is 4.99. The minimum atomic E-state index is -4.37. The van der Waals surface area contributed by atoms with E-state index in [4.69, 9.17) is 0 Å². The highest BCUT2D eigenvalue weighted by Crippen LogP contribution is 2.30. The molecule has 3 aromatic heterocycles. The Morgan fingerprint density at radius 3 is 2.59 bits per heavy atom. The van der Waals surface area contributed by atoms with Gasteiger partial charge in [0.15, 0.2) is 5.78 Å². The number of carbonyl (C=O) groups excluding carboxylic acids is 1. The van der Waals surface area contributed by atoms with Gasteiger partial charge < -0.3 is 0 Å². The van der Waals surface area contributed by atoms with Gasteiger partial charge in [0, 0.05) is 18.8 Å². The summed E-state index contributed by atoms with van der Waals surface area (Å²) in [6.07, 6.45) is 1.69. The fourth-order valence-corrected chi connectivity index (χ4v) is 4.13. The largest absolute Gasteiger partial charge is 0.416 e. The summed E-state index contributed by atoms with van der Waals surface area (Å²) in [5, 5.41) is 8.72. The van der Waals surface area contributed by atoms with Crippen molar-refractivity contribution < 1.29 is 18.0 Å². The van der Waals surface area contributed by atoms with E-state index in [1.54, 1.807) is 25.5 Å². The van der Waals surface area contributed by atoms with Gasteiger partial charge in [-0.1, -0.05) is 23.4 Å². The summed E-state index contributed by atoms with van der Waals surface area (Å²) in [4.78, 5) is 21.8. The van der Waals surface area contributed by atoms with Crippen molar-refractivity contribution in [3.8, 4) is 10.7 Å². The molecule has 4 aromatic rings. The molecule has 0 amide bonds. The van der Waals surface area contributed by atoms with Gasteiger partial charge in [-0.15, -0.1) is 16.4 Å². The second-order valence-electron chi connectivity index (χ2n) is 7.21. The van der Waals surface area contributed by atoms with Crippen LogP contribution in [0.25, 0.3) is 10.7 Å². The molecule has 0 saturated carbocycles. The Balaban J connectivity index is 1.43. The van der Waals surface area contributed by atoms with Crippen LogP contribution in [0.4, 0.5) is 13.2 Å². The minimum absolute atomic E-state index is 0.00671. The molecule has 0 bridgehead atoms. The van der Waals surface area contributed by atoms with E-state index >= 15 is 0 Å². The molecule has 3 heterocycles. The fourth-order valence-electron chi connectivity index (χ4n) is 3.14. The first-order valence-corrected chi connectivity index (χ1v) is 10.6. The monoisotopic (exact) mass is 457 g/mol. The first kappa shape index (κ1) is 21.8. The molecule has 0 spiro atoms. The van der Waals surface area contributed by atoms with E-state index in [0.29, 0.717) is 39.7 Å². The zero-order valence-electron chi connectivity index (χ0n) is 17.0. The highest BCUT2D eigenvalue weighted by Gasteiger charge is 2.29. The standard InChI is InChI=1S/C22H18F3N5OS/c1-14-20(19(31)9-6-15-3-2-10-26-11-15)32-21(27-14)18-13-30(29-28-18)12-16-4-7-17(8-5-16)22(23,24)25/h2-5,7-8,10-11,13H,6,9,12H2,1H3. The smallest absolute Gasteiger partial charge is 0.293 e. The Hall–Kier alpha value is -3.40. The molecule has 6 nitrogen and oxygen atoms in total. The molecule has 10 heteroatoms. The first-order chi connectivity index (χ1) is 15.3. The van der Waals surface area contributed by atoms with Crippen LogP contribution >= 0.6 is 11.3 Å². The lowest BCUT2D eigenvalue weighted by molar-refractivity contribution is -0.137. The number of aromatic nitrogens is 5. The Morgan fingerprint density at radius 1 is 1.12 bits per heavy atom. The van der Waals surface area contributed by atoms with Gasteiger partial charge in [0.25, 0.3) is 0 Å². The van der Waals surface area contributed by atoms with Crippen molar-refractivity contribution in [2.24, 2.45) is 0 Å². The third-order valence-corrected chi connectivity index (χ3v) is 6.02. The van der Waals surface area contributed by atoms with Crippen molar-refractivity contribution in [2.45, 2.75) is 32.5 Å². The Kier molecular flexibility index (Phi) is 6.13. The lowest BCUT2D eigenvalue weighted by Crippen LogP contribution is -2.05. The Morgan fingerprint density at radius 2 is 1.91 bits per heavy atom. The van der Waals surface area contributed by atoms with Crippen molar-refractivity contribution in [3.63, 3.8) is 0 Å². The summed E-state index contributed by atoms with van der Waals surface area (Å²) in [5.41, 5.74) is 2.11. The molecule has 0 atom stereocenters. The number of benzene rings is 1. The van der Waals surface area contributed by atoms with Crippen molar-refractivity contribution >= 4 is 17.1 Å². The molecule has 4 rings (SSSR count). The number of pyridine rings is 1. The SMILES string of the molecule is Cc1nc(-c2cn(Cc3ccc(C(F)(F)F)cc3)nn2)sc1C(=O)CCc1cccnc1. The Bertz CT molecular complexity index is 1220. The van der Waals surface area contributed by atoms with Gasteiger partial charge in [-0.05, 0) is 42.7 Å². The highest BCUT2D eigenvalue weighted by molar-refractivity contribution is 7.17. The van der Waals surface area contributed by atoms with E-state index in [2.05, 4.69) is 20.3 Å². The van der Waals surface area contributed by atoms with Crippen LogP contribution in [0.15, 0.2) is 55.0 Å². The van der Waals surface area contributed by atoms with Crippen molar-refractivity contribution in [1.82, 2.24) is 25.0 Å². The van der Waals surface area contributed by atoms with Crippen LogP contribution in [-0.2, 0) is 19.1 Å². The average molecular weight is 457 g/mol. The van der Waals surface area contributed by atoms with Crippen LogP contribution in [0.2, 0.25) is 0 Å². The third kappa shape index (κ3) is 5.08. The van der Waals surface area contributed by atoms with Crippen molar-refractivity contribution in [2.75, 3.05) is 0 Å². The molecule has 164 valence electrons. The molecular formula is C22H18F3N5OS. The molecule has 0 aliphatic rings. The number of Topliss-reactive ketones (excluding diaryl/α,β-unsaturated/α-hetero) is 1. The fraction of sp³-hybridized carbons (Fsp3) is 0.227. The molecule has 32 heavy (non-hydrogen) atoms. The zero-order valence-corrected chi connectivity index (χ0v) is 17.8. The lowest BCUT2D eigenvalue weighted by Gasteiger charge is -2.07. The van der Waals surface area contributed by atoms with E-state index < -0.39 is 11.7 Å². The normalized spacial score (nSPS) is 11.6. The number of hydrogen-bond acceptors (Lipinski definition) is 6. The summed E-state index contributed by atoms with van der Waals surface area (Å²) in [6.45, 7) is 2.05. The number of halogens is 3. The molecule has 0 aliphatic heterocycles. The van der Waals surface area contributed by atoms with Gasteiger partial charge in [-0.2, -0.15) is 13.2 Å². The van der Waals surface area contributed by atoms with E-state index in [1.165, 1.54) is 28.2 Å². The average Bonchev–Trinajstić information content (AvgIpc) is 3.39. The molecule has 0 fully saturated rings. The van der Waals surface area contributed by atoms with Crippen LogP contribution in [0.3, 0.4) is 0 Å². The number of ketones is 1. The number of carbonyl (C=O) groups is 1. The number of hydrogen-bond donors (Lipinski definition) is 0. The number of aryl methyl sites for hydroxylation is 2. The first-order valence-electron chi connectivity index (χ1n) is 9.76. The van der Waals surface area contributed by atoms with Gasteiger partial charge in [0.2, 0.25) is 0 Å². The van der Waals surface area contributed by atoms with Crippen LogP contribution < -0.4 is 0 Å². The van der Waals surface area contributed by atoms with Crippen LogP contribution in [0.5, 0.6) is 0 Å². The van der Waals surface area contributed by atoms with E-state index in [0.717, 1.165) is 17.7 Å². The molecule has 1 aromatic carbocycles. The second-order valence-corrected chi connectivity index (χ2v) is 8.21. The molecule has 0 radical (unpaired) electrons. The van der Waals surface area contributed by atoms with E-state index in [1.807, 2.05) is 12.1 Å². The van der Waals surface area contributed by atoms with Gasteiger partial charge >= 0.3 is 6.18 Å². The molecule has 0 aliphatic carbocycles. The van der Waals surface area contributed by atoms with Crippen molar-refractivity contribution in [1.29, 1.82) is 0 Å². The molecular weight excluding hydrogens is 439 g/mol. The quantitative estimate of drug-likeness (QED) is 0.366. The molecule has 0 unspecified atom stereocenters. The molecule has 0 N–H and O–H groups in total. The number of nitrogens with zero attached hydrogens (tertiary/aromatic N) is 5. The minimum Gasteiger partial charge on any atom is -0.293 e. The second kappa shape index (κ2) is 8.99. The predicted molar refractivity (Wildman–Crippen MR) is 113 cm³/mol. The maximum absolute atomic E-state index is 12.7. The summed E-state index contributed by atoms with van der Waals surface area (Å²) in [6, 6.07) is 8.68. The van der Waals surface area contributed by atoms with E-state index in [-0.39, 0.29) is 12.3 Å². The maximum atomic E-state index is 12.7. The summed E-state index contributed by atoms with van der Waals surface area (Å²) >= 11 is 1.26. The highest BCUT2D eigenvalue weighted by atomic mass is 32.1. The van der Waals surface area contributed by atoms with E-state index in [9.17, 15) is 18.0 Å². The van der Waals surface area contributed by atoms with Crippen LogP contribution in [0, 0.1) is 6.92 Å². The number of thiazole rings is 1. The van der Waals surface area contributed by atoms with Crippen molar-refractivity contribution in [3.05, 3.63) is 82.3 Å². The van der Waals surface area contributed by atoms with Gasteiger partial charge in [-0.25, -0.2) is 9.67 Å². The Labute approximate surface area is 185 Å². The topological polar surface area (TPSA) is 73.6 Å². The van der Waals surface area contributed by atoms with Gasteiger partial charge in [0.05, 0.1) is 28.9 Å². The van der Waals surface area contributed by atoms with Crippen LogP contribution in [-0.4, -0.2) is 30.7 Å². The number of rotatable bonds is 7. The van der Waals surface area contributed by atoms with Gasteiger partial charge in [-0.3, -0.25) is 9.78 Å². The summed E-state index contributed by atoms with van der Waals surface area (Å²) in [7, 11) is 0. The number of alkyl halides is 3. The van der Waals surface area contributed by atoms with Crippen LogP contribution in [0.1, 0.15) is 38.5 Å². The van der Waals surface area contributed by atoms with Gasteiger partial charge in [0.1, 0.15) is 10.7 Å².